The Bertz CT molecular complexity index is 1160. The third-order valence-corrected chi connectivity index (χ3v) is 5.14. The number of nitrogens with zero attached hydrogens (tertiary/aromatic N) is 5. The molecule has 4 aromatic rings. The van der Waals surface area contributed by atoms with Gasteiger partial charge in [-0.25, -0.2) is 14.2 Å². The van der Waals surface area contributed by atoms with Gasteiger partial charge in [0.1, 0.15) is 17.2 Å². The van der Waals surface area contributed by atoms with Crippen LogP contribution < -0.4 is 11.1 Å². The van der Waals surface area contributed by atoms with E-state index in [1.54, 1.807) is 23.0 Å². The van der Waals surface area contributed by atoms with Crippen LogP contribution in [0.3, 0.4) is 0 Å². The van der Waals surface area contributed by atoms with Crippen molar-refractivity contribution in [3.05, 3.63) is 62.9 Å². The first-order chi connectivity index (χ1) is 12.9. The molecule has 1 aromatic carbocycles. The first-order valence-electron chi connectivity index (χ1n) is 7.86. The number of rotatable bonds is 3. The molecule has 0 aliphatic carbocycles. The fourth-order valence-corrected chi connectivity index (χ4v) is 4.01. The largest absolute Gasteiger partial charge is 0.384 e. The highest BCUT2D eigenvalue weighted by molar-refractivity contribution is 9.11. The van der Waals surface area contributed by atoms with Crippen LogP contribution in [0.1, 0.15) is 16.1 Å². The smallest absolute Gasteiger partial charge is 0.262 e. The minimum absolute atomic E-state index is 0.315. The molecule has 136 valence electrons. The monoisotopic (exact) mass is 489 g/mol. The van der Waals surface area contributed by atoms with Crippen molar-refractivity contribution in [3.63, 3.8) is 0 Å². The summed E-state index contributed by atoms with van der Waals surface area (Å²) in [6.45, 7) is 1.86. The quantitative estimate of drug-likeness (QED) is 0.456. The summed E-state index contributed by atoms with van der Waals surface area (Å²) in [5.74, 6) is 0.482. The standard InChI is InChI=1S/C17H13Br2N7O/c1-9-7-14(26(24-9)15-11(18)3-2-4-12(15)19)23-17(27)10-8-21-25-6-5-13(20)22-16(10)25/h2-8H,1H3,(H2,20,22)(H,23,27). The Hall–Kier alpha value is -2.72. The lowest BCUT2D eigenvalue weighted by atomic mass is 10.3. The zero-order valence-electron chi connectivity index (χ0n) is 14.0. The molecule has 3 heterocycles. The van der Waals surface area contributed by atoms with Crippen molar-refractivity contribution in [1.82, 2.24) is 24.4 Å². The van der Waals surface area contributed by atoms with E-state index in [-0.39, 0.29) is 5.91 Å². The number of aromatic nitrogens is 5. The van der Waals surface area contributed by atoms with Gasteiger partial charge >= 0.3 is 0 Å². The van der Waals surface area contributed by atoms with Crippen LogP contribution >= 0.6 is 31.9 Å². The Balaban J connectivity index is 1.75. The number of amides is 1. The Morgan fingerprint density at radius 1 is 1.22 bits per heavy atom. The van der Waals surface area contributed by atoms with Crippen LogP contribution in [0.5, 0.6) is 0 Å². The van der Waals surface area contributed by atoms with Gasteiger partial charge in [-0.2, -0.15) is 10.2 Å². The minimum atomic E-state index is -0.354. The number of aryl methyl sites for hydroxylation is 1. The highest BCUT2D eigenvalue weighted by Gasteiger charge is 2.19. The van der Waals surface area contributed by atoms with E-state index >= 15 is 0 Å². The van der Waals surface area contributed by atoms with Crippen molar-refractivity contribution in [2.75, 3.05) is 11.1 Å². The topological polar surface area (TPSA) is 103 Å². The Morgan fingerprint density at radius 3 is 2.70 bits per heavy atom. The SMILES string of the molecule is Cc1cc(NC(=O)c2cnn3ccc(N)nc23)n(-c2c(Br)cccc2Br)n1. The number of nitrogens with one attached hydrogen (secondary N) is 1. The zero-order valence-corrected chi connectivity index (χ0v) is 17.2. The first kappa shape index (κ1) is 17.7. The van der Waals surface area contributed by atoms with Gasteiger partial charge in [0.05, 0.1) is 17.6 Å². The number of anilines is 2. The van der Waals surface area contributed by atoms with Gasteiger partial charge in [0.25, 0.3) is 5.91 Å². The molecular weight excluding hydrogens is 478 g/mol. The number of para-hydroxylation sites is 1. The average molecular weight is 491 g/mol. The molecular formula is C17H13Br2N7O. The predicted octanol–water partition coefficient (Wildman–Crippen LogP) is 3.58. The molecule has 0 spiro atoms. The number of halogens is 2. The predicted molar refractivity (Wildman–Crippen MR) is 109 cm³/mol. The third-order valence-electron chi connectivity index (χ3n) is 3.86. The van der Waals surface area contributed by atoms with E-state index in [1.165, 1.54) is 10.7 Å². The lowest BCUT2D eigenvalue weighted by Gasteiger charge is -2.12. The van der Waals surface area contributed by atoms with E-state index in [1.807, 2.05) is 25.1 Å². The van der Waals surface area contributed by atoms with Gasteiger partial charge in [0.2, 0.25) is 0 Å². The molecule has 1 amide bonds. The molecule has 10 heteroatoms. The van der Waals surface area contributed by atoms with Gasteiger partial charge in [-0.05, 0) is 57.0 Å². The molecule has 3 N–H and O–H groups in total. The first-order valence-corrected chi connectivity index (χ1v) is 9.45. The summed E-state index contributed by atoms with van der Waals surface area (Å²) < 4.78 is 4.83. The molecule has 0 unspecified atom stereocenters. The van der Waals surface area contributed by atoms with E-state index in [0.717, 1.165) is 20.3 Å². The maximum atomic E-state index is 12.9. The van der Waals surface area contributed by atoms with E-state index in [0.29, 0.717) is 22.8 Å². The van der Waals surface area contributed by atoms with Crippen molar-refractivity contribution in [2.45, 2.75) is 6.92 Å². The molecule has 3 aromatic heterocycles. The van der Waals surface area contributed by atoms with Crippen molar-refractivity contribution in [3.8, 4) is 5.69 Å². The number of nitrogens with two attached hydrogens (primary N) is 1. The normalized spacial score (nSPS) is 11.1. The summed E-state index contributed by atoms with van der Waals surface area (Å²) >= 11 is 7.06. The summed E-state index contributed by atoms with van der Waals surface area (Å²) in [7, 11) is 0. The van der Waals surface area contributed by atoms with Gasteiger partial charge in [-0.1, -0.05) is 6.07 Å². The van der Waals surface area contributed by atoms with Gasteiger partial charge < -0.3 is 11.1 Å². The van der Waals surface area contributed by atoms with Crippen LogP contribution in [0.25, 0.3) is 11.3 Å². The second-order valence-corrected chi connectivity index (χ2v) is 7.49. The summed E-state index contributed by atoms with van der Waals surface area (Å²) in [6, 6.07) is 9.12. The number of fused-ring (bicyclic) bond motifs is 1. The second-order valence-electron chi connectivity index (χ2n) is 5.79. The second kappa shape index (κ2) is 6.78. The molecule has 8 nitrogen and oxygen atoms in total. The van der Waals surface area contributed by atoms with E-state index in [2.05, 4.69) is 52.4 Å². The molecule has 0 bridgehead atoms. The van der Waals surface area contributed by atoms with E-state index in [4.69, 9.17) is 5.73 Å². The van der Waals surface area contributed by atoms with Crippen LogP contribution in [-0.4, -0.2) is 30.3 Å². The highest BCUT2D eigenvalue weighted by Crippen LogP contribution is 2.31. The minimum Gasteiger partial charge on any atom is -0.384 e. The fourth-order valence-electron chi connectivity index (χ4n) is 2.68. The third kappa shape index (κ3) is 3.21. The summed E-state index contributed by atoms with van der Waals surface area (Å²) in [5.41, 5.74) is 7.98. The van der Waals surface area contributed by atoms with Gasteiger partial charge in [-0.3, -0.25) is 4.79 Å². The van der Waals surface area contributed by atoms with Crippen molar-refractivity contribution in [1.29, 1.82) is 0 Å². The van der Waals surface area contributed by atoms with E-state index < -0.39 is 0 Å². The molecule has 4 rings (SSSR count). The van der Waals surface area contributed by atoms with E-state index in [9.17, 15) is 4.79 Å². The molecule has 0 atom stereocenters. The summed E-state index contributed by atoms with van der Waals surface area (Å²) in [4.78, 5) is 17.0. The molecule has 0 saturated heterocycles. The maximum Gasteiger partial charge on any atom is 0.262 e. The number of hydrogen-bond donors (Lipinski definition) is 2. The van der Waals surface area contributed by atoms with Crippen LogP contribution in [0.2, 0.25) is 0 Å². The average Bonchev–Trinajstić information content (AvgIpc) is 3.18. The Kier molecular flexibility index (Phi) is 4.44. The zero-order chi connectivity index (χ0) is 19.1. The summed E-state index contributed by atoms with van der Waals surface area (Å²) in [5, 5.41) is 11.5. The number of hydrogen-bond acceptors (Lipinski definition) is 5. The van der Waals surface area contributed by atoms with Crippen LogP contribution in [0.4, 0.5) is 11.6 Å². The van der Waals surface area contributed by atoms with Crippen LogP contribution in [0, 0.1) is 6.92 Å². The Morgan fingerprint density at radius 2 is 1.96 bits per heavy atom. The molecule has 0 aliphatic rings. The Labute approximate surface area is 170 Å². The van der Waals surface area contributed by atoms with Crippen molar-refractivity contribution >= 4 is 55.0 Å². The van der Waals surface area contributed by atoms with Crippen molar-refractivity contribution < 1.29 is 4.79 Å². The number of carbonyl (C=O) groups excluding carboxylic acids is 1. The van der Waals surface area contributed by atoms with Crippen molar-refractivity contribution in [2.24, 2.45) is 0 Å². The highest BCUT2D eigenvalue weighted by atomic mass is 79.9. The fraction of sp³-hybridized carbons (Fsp3) is 0.0588. The lowest BCUT2D eigenvalue weighted by Crippen LogP contribution is -2.15. The molecule has 0 saturated carbocycles. The molecule has 0 radical (unpaired) electrons. The molecule has 0 aliphatic heterocycles. The molecule has 27 heavy (non-hydrogen) atoms. The summed E-state index contributed by atoms with van der Waals surface area (Å²) in [6.07, 6.45) is 3.11. The van der Waals surface area contributed by atoms with Gasteiger partial charge in [0.15, 0.2) is 5.65 Å². The molecule has 0 fully saturated rings. The van der Waals surface area contributed by atoms with Crippen LogP contribution in [-0.2, 0) is 0 Å². The number of carbonyl (C=O) groups is 1. The van der Waals surface area contributed by atoms with Crippen LogP contribution in [0.15, 0.2) is 51.7 Å². The maximum absolute atomic E-state index is 12.9. The number of benzene rings is 1. The van der Waals surface area contributed by atoms with Gasteiger partial charge in [0, 0.05) is 21.2 Å². The lowest BCUT2D eigenvalue weighted by molar-refractivity contribution is 0.102. The number of nitrogen functional groups attached to an aromatic ring is 1. The van der Waals surface area contributed by atoms with Gasteiger partial charge in [-0.15, -0.1) is 0 Å².